The van der Waals surface area contributed by atoms with Gasteiger partial charge in [-0.1, -0.05) is 26.7 Å². The Balaban J connectivity index is 1.60. The molecule has 27 heavy (non-hydrogen) atoms. The molecule has 0 radical (unpaired) electrons. The van der Waals surface area contributed by atoms with Crippen molar-refractivity contribution < 1.29 is 18.0 Å². The lowest BCUT2D eigenvalue weighted by Gasteiger charge is -2.34. The molecule has 2 aliphatic rings. The standard InChI is InChI=1S/C19H26N2O4S2/c1-12-4-3-5-15(13(12)2)20-18(22)8-9-27(24,25)14-6-7-16-17(10-14)26-11-19(23)21-16/h6-7,10,12-13,15H,3-5,8-9,11H2,1-2H3,(H,20,22)(H,21,23). The molecule has 2 amide bonds. The number of hydrogen-bond acceptors (Lipinski definition) is 5. The van der Waals surface area contributed by atoms with Crippen LogP contribution in [0.15, 0.2) is 28.0 Å². The first-order chi connectivity index (χ1) is 12.8. The Morgan fingerprint density at radius 2 is 2.07 bits per heavy atom. The maximum absolute atomic E-state index is 12.6. The number of thioether (sulfide) groups is 1. The predicted octanol–water partition coefficient (Wildman–Crippen LogP) is 2.84. The molecule has 1 aromatic rings. The van der Waals surface area contributed by atoms with Crippen LogP contribution in [-0.2, 0) is 19.4 Å². The first kappa shape index (κ1) is 20.2. The molecule has 3 atom stereocenters. The number of hydrogen-bond donors (Lipinski definition) is 2. The summed E-state index contributed by atoms with van der Waals surface area (Å²) in [6, 6.07) is 4.81. The fourth-order valence-electron chi connectivity index (χ4n) is 3.66. The molecule has 148 valence electrons. The molecule has 1 aliphatic heterocycles. The van der Waals surface area contributed by atoms with Gasteiger partial charge in [0, 0.05) is 17.4 Å². The lowest BCUT2D eigenvalue weighted by atomic mass is 9.78. The molecule has 1 saturated carbocycles. The van der Waals surface area contributed by atoms with Crippen LogP contribution in [0.2, 0.25) is 0 Å². The van der Waals surface area contributed by atoms with Crippen molar-refractivity contribution in [1.29, 1.82) is 0 Å². The first-order valence-corrected chi connectivity index (χ1v) is 12.0. The number of carbonyl (C=O) groups is 2. The minimum absolute atomic E-state index is 0.0408. The van der Waals surface area contributed by atoms with Crippen LogP contribution in [0.4, 0.5) is 5.69 Å². The van der Waals surface area contributed by atoms with Gasteiger partial charge in [0.1, 0.15) is 0 Å². The van der Waals surface area contributed by atoms with Gasteiger partial charge in [0.2, 0.25) is 11.8 Å². The zero-order valence-electron chi connectivity index (χ0n) is 15.7. The maximum Gasteiger partial charge on any atom is 0.234 e. The number of amides is 2. The van der Waals surface area contributed by atoms with E-state index in [4.69, 9.17) is 0 Å². The smallest absolute Gasteiger partial charge is 0.234 e. The van der Waals surface area contributed by atoms with E-state index in [0.29, 0.717) is 17.5 Å². The molecule has 1 aromatic carbocycles. The van der Waals surface area contributed by atoms with Crippen molar-refractivity contribution in [3.63, 3.8) is 0 Å². The number of anilines is 1. The average molecular weight is 411 g/mol. The molecule has 0 bridgehead atoms. The molecule has 0 spiro atoms. The van der Waals surface area contributed by atoms with E-state index >= 15 is 0 Å². The molecule has 6 nitrogen and oxygen atoms in total. The lowest BCUT2D eigenvalue weighted by molar-refractivity contribution is -0.122. The summed E-state index contributed by atoms with van der Waals surface area (Å²) in [5.74, 6) is 0.742. The van der Waals surface area contributed by atoms with E-state index in [9.17, 15) is 18.0 Å². The molecule has 1 fully saturated rings. The average Bonchev–Trinajstić information content (AvgIpc) is 2.63. The van der Waals surface area contributed by atoms with Gasteiger partial charge in [0.15, 0.2) is 9.84 Å². The van der Waals surface area contributed by atoms with Gasteiger partial charge >= 0.3 is 0 Å². The SMILES string of the molecule is CC1CCCC(NC(=O)CCS(=O)(=O)c2ccc3c(c2)SCC(=O)N3)C1C. The summed E-state index contributed by atoms with van der Waals surface area (Å²) in [4.78, 5) is 24.6. The molecule has 3 rings (SSSR count). The molecule has 8 heteroatoms. The van der Waals surface area contributed by atoms with E-state index in [1.54, 1.807) is 12.1 Å². The highest BCUT2D eigenvalue weighted by atomic mass is 32.2. The third kappa shape index (κ3) is 4.85. The highest BCUT2D eigenvalue weighted by Gasteiger charge is 2.28. The molecule has 0 aromatic heterocycles. The van der Waals surface area contributed by atoms with Gasteiger partial charge in [-0.05, 0) is 36.5 Å². The van der Waals surface area contributed by atoms with Crippen LogP contribution in [0.25, 0.3) is 0 Å². The Labute approximate surface area is 164 Å². The topological polar surface area (TPSA) is 92.3 Å². The molecular weight excluding hydrogens is 384 g/mol. The van der Waals surface area contributed by atoms with Gasteiger partial charge in [-0.15, -0.1) is 11.8 Å². The second kappa shape index (κ2) is 8.22. The number of nitrogens with one attached hydrogen (secondary N) is 2. The highest BCUT2D eigenvalue weighted by Crippen LogP contribution is 2.33. The van der Waals surface area contributed by atoms with E-state index in [0.717, 1.165) is 17.7 Å². The van der Waals surface area contributed by atoms with Crippen LogP contribution >= 0.6 is 11.8 Å². The van der Waals surface area contributed by atoms with E-state index in [1.165, 1.54) is 24.2 Å². The molecule has 0 saturated heterocycles. The molecule has 3 unspecified atom stereocenters. The van der Waals surface area contributed by atoms with Crippen molar-refractivity contribution in [2.75, 3.05) is 16.8 Å². The summed E-state index contributed by atoms with van der Waals surface area (Å²) in [5.41, 5.74) is 0.633. The summed E-state index contributed by atoms with van der Waals surface area (Å²) < 4.78 is 25.2. The van der Waals surface area contributed by atoms with Crippen LogP contribution in [0.3, 0.4) is 0 Å². The number of rotatable bonds is 5. The van der Waals surface area contributed by atoms with E-state index in [2.05, 4.69) is 24.5 Å². The van der Waals surface area contributed by atoms with Crippen molar-refractivity contribution in [3.05, 3.63) is 18.2 Å². The number of benzene rings is 1. The zero-order valence-corrected chi connectivity index (χ0v) is 17.3. The van der Waals surface area contributed by atoms with Crippen LogP contribution in [0.1, 0.15) is 39.5 Å². The Hall–Kier alpha value is -1.54. The van der Waals surface area contributed by atoms with Crippen molar-refractivity contribution in [3.8, 4) is 0 Å². The first-order valence-electron chi connectivity index (χ1n) is 9.35. The molecule has 1 aliphatic carbocycles. The molecular formula is C19H26N2O4S2. The summed E-state index contributed by atoms with van der Waals surface area (Å²) in [6.45, 7) is 4.35. The summed E-state index contributed by atoms with van der Waals surface area (Å²) >= 11 is 1.32. The number of sulfone groups is 1. The summed E-state index contributed by atoms with van der Waals surface area (Å²) in [5, 5.41) is 5.75. The predicted molar refractivity (Wildman–Crippen MR) is 107 cm³/mol. The van der Waals surface area contributed by atoms with Gasteiger partial charge < -0.3 is 10.6 Å². The third-order valence-electron chi connectivity index (χ3n) is 5.60. The minimum Gasteiger partial charge on any atom is -0.353 e. The van der Waals surface area contributed by atoms with Crippen LogP contribution in [-0.4, -0.2) is 37.8 Å². The fourth-order valence-corrected chi connectivity index (χ4v) is 5.84. The Morgan fingerprint density at radius 3 is 2.85 bits per heavy atom. The summed E-state index contributed by atoms with van der Waals surface area (Å²) in [6.07, 6.45) is 3.19. The van der Waals surface area contributed by atoms with Gasteiger partial charge in [0.25, 0.3) is 0 Å². The number of carbonyl (C=O) groups excluding carboxylic acids is 2. The van der Waals surface area contributed by atoms with Crippen LogP contribution in [0.5, 0.6) is 0 Å². The van der Waals surface area contributed by atoms with Gasteiger partial charge in [-0.2, -0.15) is 0 Å². The van der Waals surface area contributed by atoms with Crippen molar-refractivity contribution in [1.82, 2.24) is 5.32 Å². The lowest BCUT2D eigenvalue weighted by Crippen LogP contribution is -2.44. The van der Waals surface area contributed by atoms with Crippen molar-refractivity contribution in [2.24, 2.45) is 11.8 Å². The largest absolute Gasteiger partial charge is 0.353 e. The van der Waals surface area contributed by atoms with Crippen LogP contribution in [0, 0.1) is 11.8 Å². The van der Waals surface area contributed by atoms with Gasteiger partial charge in [-0.3, -0.25) is 9.59 Å². The van der Waals surface area contributed by atoms with Crippen LogP contribution < -0.4 is 10.6 Å². The van der Waals surface area contributed by atoms with Crippen molar-refractivity contribution >= 4 is 39.1 Å². The highest BCUT2D eigenvalue weighted by molar-refractivity contribution is 8.00. The van der Waals surface area contributed by atoms with E-state index in [1.807, 2.05) is 0 Å². The van der Waals surface area contributed by atoms with Gasteiger partial charge in [-0.25, -0.2) is 8.42 Å². The normalized spacial score (nSPS) is 25.4. The minimum atomic E-state index is -3.55. The third-order valence-corrected chi connectivity index (χ3v) is 8.37. The Bertz CT molecular complexity index is 838. The number of fused-ring (bicyclic) bond motifs is 1. The Morgan fingerprint density at radius 1 is 1.30 bits per heavy atom. The maximum atomic E-state index is 12.6. The Kier molecular flexibility index (Phi) is 6.15. The quantitative estimate of drug-likeness (QED) is 0.779. The van der Waals surface area contributed by atoms with E-state index in [-0.39, 0.29) is 40.7 Å². The fraction of sp³-hybridized carbons (Fsp3) is 0.579. The monoisotopic (exact) mass is 410 g/mol. The molecule has 2 N–H and O–H groups in total. The van der Waals surface area contributed by atoms with E-state index < -0.39 is 9.84 Å². The van der Waals surface area contributed by atoms with Gasteiger partial charge in [0.05, 0.1) is 22.1 Å². The second-order valence-electron chi connectivity index (χ2n) is 7.51. The molecule has 1 heterocycles. The summed E-state index contributed by atoms with van der Waals surface area (Å²) in [7, 11) is -3.55. The second-order valence-corrected chi connectivity index (χ2v) is 10.6. The van der Waals surface area contributed by atoms with Crippen molar-refractivity contribution in [2.45, 2.75) is 55.4 Å². The zero-order chi connectivity index (χ0) is 19.6.